The first-order chi connectivity index (χ1) is 12.7. The van der Waals surface area contributed by atoms with Crippen molar-refractivity contribution in [3.05, 3.63) is 53.8 Å². The molecular formula is C19H21N5O2. The van der Waals surface area contributed by atoms with Crippen LogP contribution in [0, 0.1) is 0 Å². The van der Waals surface area contributed by atoms with Gasteiger partial charge in [0, 0.05) is 24.5 Å². The van der Waals surface area contributed by atoms with Gasteiger partial charge in [-0.1, -0.05) is 29.4 Å². The van der Waals surface area contributed by atoms with Crippen molar-refractivity contribution in [3.63, 3.8) is 0 Å². The molecule has 134 valence electrons. The number of amides is 1. The molecule has 1 unspecified atom stereocenters. The second-order valence-electron chi connectivity index (χ2n) is 6.64. The third-order valence-corrected chi connectivity index (χ3v) is 4.72. The van der Waals surface area contributed by atoms with E-state index in [1.165, 1.54) is 0 Å². The summed E-state index contributed by atoms with van der Waals surface area (Å²) in [6.07, 6.45) is 4.96. The second kappa shape index (κ2) is 7.21. The highest BCUT2D eigenvalue weighted by atomic mass is 16.5. The SMILES string of the molecule is NC1CCCCN(Cc2nc(Cc3cccc4cccnc34)no2)C1=O. The molecule has 1 aliphatic heterocycles. The summed E-state index contributed by atoms with van der Waals surface area (Å²) in [7, 11) is 0. The highest BCUT2D eigenvalue weighted by Gasteiger charge is 2.25. The minimum atomic E-state index is -0.429. The Bertz CT molecular complexity index is 918. The molecule has 7 heteroatoms. The normalized spacial score (nSPS) is 18.3. The smallest absolute Gasteiger partial charge is 0.246 e. The van der Waals surface area contributed by atoms with Gasteiger partial charge in [-0.15, -0.1) is 0 Å². The Hall–Kier alpha value is -2.80. The molecule has 26 heavy (non-hydrogen) atoms. The number of benzene rings is 1. The van der Waals surface area contributed by atoms with Gasteiger partial charge in [0.05, 0.1) is 11.6 Å². The largest absolute Gasteiger partial charge is 0.337 e. The molecule has 1 amide bonds. The van der Waals surface area contributed by atoms with Gasteiger partial charge in [0.1, 0.15) is 6.54 Å². The molecule has 2 aromatic heterocycles. The molecule has 0 aliphatic carbocycles. The van der Waals surface area contributed by atoms with Crippen molar-refractivity contribution in [3.8, 4) is 0 Å². The summed E-state index contributed by atoms with van der Waals surface area (Å²) in [5.41, 5.74) is 7.90. The van der Waals surface area contributed by atoms with Gasteiger partial charge in [-0.2, -0.15) is 4.98 Å². The average Bonchev–Trinajstić information content (AvgIpc) is 3.04. The predicted octanol–water partition coefficient (Wildman–Crippen LogP) is 2.05. The number of para-hydroxylation sites is 1. The summed E-state index contributed by atoms with van der Waals surface area (Å²) in [5.74, 6) is 0.987. The average molecular weight is 351 g/mol. The van der Waals surface area contributed by atoms with Crippen LogP contribution in [0.25, 0.3) is 10.9 Å². The molecule has 0 radical (unpaired) electrons. The number of nitrogens with zero attached hydrogens (tertiary/aromatic N) is 4. The maximum Gasteiger partial charge on any atom is 0.246 e. The van der Waals surface area contributed by atoms with Crippen LogP contribution in [0.4, 0.5) is 0 Å². The second-order valence-corrected chi connectivity index (χ2v) is 6.64. The van der Waals surface area contributed by atoms with Gasteiger partial charge < -0.3 is 15.2 Å². The van der Waals surface area contributed by atoms with Gasteiger partial charge in [0.15, 0.2) is 5.82 Å². The molecule has 1 aromatic carbocycles. The third kappa shape index (κ3) is 3.43. The van der Waals surface area contributed by atoms with E-state index in [4.69, 9.17) is 10.3 Å². The summed E-state index contributed by atoms with van der Waals surface area (Å²) < 4.78 is 5.36. The first kappa shape index (κ1) is 16.7. The lowest BCUT2D eigenvalue weighted by molar-refractivity contribution is -0.133. The number of fused-ring (bicyclic) bond motifs is 1. The minimum Gasteiger partial charge on any atom is -0.337 e. The lowest BCUT2D eigenvalue weighted by Crippen LogP contribution is -2.41. The maximum absolute atomic E-state index is 12.3. The Morgan fingerprint density at radius 1 is 1.23 bits per heavy atom. The number of carbonyl (C=O) groups is 1. The summed E-state index contributed by atoms with van der Waals surface area (Å²) >= 11 is 0. The molecule has 3 heterocycles. The molecule has 0 spiro atoms. The Morgan fingerprint density at radius 2 is 2.12 bits per heavy atom. The van der Waals surface area contributed by atoms with E-state index >= 15 is 0 Å². The standard InChI is InChI=1S/C19H21N5O2/c20-15-8-1-2-10-24(19(15)25)12-17-22-16(23-26-17)11-14-6-3-5-13-7-4-9-21-18(13)14/h3-7,9,15H,1-2,8,10-12,20H2. The molecule has 2 N–H and O–H groups in total. The van der Waals surface area contributed by atoms with Crippen LogP contribution in [0.2, 0.25) is 0 Å². The van der Waals surface area contributed by atoms with Crippen molar-refractivity contribution in [2.75, 3.05) is 6.54 Å². The summed E-state index contributed by atoms with van der Waals surface area (Å²) in [5, 5.41) is 5.15. The molecule has 3 aromatic rings. The molecule has 1 saturated heterocycles. The van der Waals surface area contributed by atoms with Crippen LogP contribution in [-0.4, -0.2) is 38.5 Å². The van der Waals surface area contributed by atoms with E-state index in [0.29, 0.717) is 31.2 Å². The molecule has 1 aliphatic rings. The monoisotopic (exact) mass is 351 g/mol. The molecule has 1 fully saturated rings. The fraction of sp³-hybridized carbons (Fsp3) is 0.368. The van der Waals surface area contributed by atoms with Crippen molar-refractivity contribution in [2.45, 2.75) is 38.3 Å². The Labute approximate surface area is 151 Å². The number of aromatic nitrogens is 3. The summed E-state index contributed by atoms with van der Waals surface area (Å²) in [6, 6.07) is 9.56. The van der Waals surface area contributed by atoms with E-state index < -0.39 is 6.04 Å². The summed E-state index contributed by atoms with van der Waals surface area (Å²) in [6.45, 7) is 0.991. The molecule has 7 nitrogen and oxygen atoms in total. The van der Waals surface area contributed by atoms with Gasteiger partial charge in [0.25, 0.3) is 0 Å². The molecular weight excluding hydrogens is 330 g/mol. The van der Waals surface area contributed by atoms with Gasteiger partial charge >= 0.3 is 0 Å². The van der Waals surface area contributed by atoms with Crippen molar-refractivity contribution < 1.29 is 9.32 Å². The van der Waals surface area contributed by atoms with Crippen molar-refractivity contribution in [1.82, 2.24) is 20.0 Å². The van der Waals surface area contributed by atoms with Crippen molar-refractivity contribution >= 4 is 16.8 Å². The first-order valence-corrected chi connectivity index (χ1v) is 8.89. The number of nitrogens with two attached hydrogens (primary N) is 1. The molecule has 0 saturated carbocycles. The van der Waals surface area contributed by atoms with Crippen LogP contribution >= 0.6 is 0 Å². The zero-order valence-electron chi connectivity index (χ0n) is 14.5. The predicted molar refractivity (Wildman–Crippen MR) is 96.1 cm³/mol. The van der Waals surface area contributed by atoms with E-state index in [0.717, 1.165) is 35.7 Å². The highest BCUT2D eigenvalue weighted by molar-refractivity contribution is 5.82. The van der Waals surface area contributed by atoms with Crippen LogP contribution in [-0.2, 0) is 17.8 Å². The third-order valence-electron chi connectivity index (χ3n) is 4.72. The van der Waals surface area contributed by atoms with E-state index in [2.05, 4.69) is 15.1 Å². The molecule has 0 bridgehead atoms. The number of pyridine rings is 1. The number of likely N-dealkylation sites (tertiary alicyclic amines) is 1. The Balaban J connectivity index is 1.50. The van der Waals surface area contributed by atoms with Gasteiger partial charge in [0.2, 0.25) is 11.8 Å². The Kier molecular flexibility index (Phi) is 4.62. The quantitative estimate of drug-likeness (QED) is 0.772. The Morgan fingerprint density at radius 3 is 3.04 bits per heavy atom. The zero-order valence-corrected chi connectivity index (χ0v) is 14.5. The van der Waals surface area contributed by atoms with E-state index in [1.807, 2.05) is 30.3 Å². The lowest BCUT2D eigenvalue weighted by Gasteiger charge is -2.20. The highest BCUT2D eigenvalue weighted by Crippen LogP contribution is 2.19. The van der Waals surface area contributed by atoms with Crippen molar-refractivity contribution in [2.24, 2.45) is 5.73 Å². The lowest BCUT2D eigenvalue weighted by atomic mass is 10.1. The summed E-state index contributed by atoms with van der Waals surface area (Å²) in [4.78, 5) is 22.9. The van der Waals surface area contributed by atoms with Crippen LogP contribution in [0.3, 0.4) is 0 Å². The fourth-order valence-electron chi connectivity index (χ4n) is 3.36. The molecule has 1 atom stereocenters. The first-order valence-electron chi connectivity index (χ1n) is 8.89. The zero-order chi connectivity index (χ0) is 17.9. The van der Waals surface area contributed by atoms with Crippen LogP contribution < -0.4 is 5.73 Å². The number of carbonyl (C=O) groups excluding carboxylic acids is 1. The van der Waals surface area contributed by atoms with E-state index in [9.17, 15) is 4.79 Å². The minimum absolute atomic E-state index is 0.0412. The number of rotatable bonds is 4. The van der Waals surface area contributed by atoms with E-state index in [1.54, 1.807) is 11.1 Å². The molecule has 4 rings (SSSR count). The van der Waals surface area contributed by atoms with E-state index in [-0.39, 0.29) is 5.91 Å². The van der Waals surface area contributed by atoms with Crippen LogP contribution in [0.5, 0.6) is 0 Å². The number of hydrogen-bond acceptors (Lipinski definition) is 6. The van der Waals surface area contributed by atoms with Crippen LogP contribution in [0.1, 0.15) is 36.5 Å². The number of hydrogen-bond donors (Lipinski definition) is 1. The van der Waals surface area contributed by atoms with Crippen LogP contribution in [0.15, 0.2) is 41.1 Å². The van der Waals surface area contributed by atoms with Gasteiger partial charge in [-0.05, 0) is 30.9 Å². The fourth-order valence-corrected chi connectivity index (χ4v) is 3.36. The van der Waals surface area contributed by atoms with Gasteiger partial charge in [-0.3, -0.25) is 9.78 Å². The maximum atomic E-state index is 12.3. The van der Waals surface area contributed by atoms with Crippen molar-refractivity contribution in [1.29, 1.82) is 0 Å². The topological polar surface area (TPSA) is 98.1 Å². The van der Waals surface area contributed by atoms with Gasteiger partial charge in [-0.25, -0.2) is 0 Å².